The third-order valence-corrected chi connectivity index (χ3v) is 1.34. The highest BCUT2D eigenvalue weighted by atomic mass is 16.5. The smallest absolute Gasteiger partial charge is 0.0701 e. The van der Waals surface area contributed by atoms with E-state index in [4.69, 9.17) is 9.84 Å². The van der Waals surface area contributed by atoms with Crippen LogP contribution in [0.2, 0.25) is 0 Å². The van der Waals surface area contributed by atoms with Crippen LogP contribution in [-0.4, -0.2) is 24.9 Å². The zero-order chi connectivity index (χ0) is 8.36. The lowest BCUT2D eigenvalue weighted by molar-refractivity contribution is 0.112. The van der Waals surface area contributed by atoms with Crippen LogP contribution in [0.5, 0.6) is 0 Å². The predicted octanol–water partition coefficient (Wildman–Crippen LogP) is 1.74. The number of hydrogen-bond acceptors (Lipinski definition) is 2. The van der Waals surface area contributed by atoms with Gasteiger partial charge in [-0.05, 0) is 6.42 Å². The van der Waals surface area contributed by atoms with Crippen molar-refractivity contribution in [2.45, 2.75) is 26.2 Å². The van der Waals surface area contributed by atoms with Gasteiger partial charge in [0.15, 0.2) is 0 Å². The van der Waals surface area contributed by atoms with Gasteiger partial charge in [-0.25, -0.2) is 0 Å². The molecule has 0 aromatic heterocycles. The van der Waals surface area contributed by atoms with Gasteiger partial charge in [-0.2, -0.15) is 0 Å². The Morgan fingerprint density at radius 1 is 1.36 bits per heavy atom. The first-order valence-electron chi connectivity index (χ1n) is 4.25. The maximum absolute atomic E-state index is 8.36. The molecule has 0 fully saturated rings. The molecule has 0 saturated carbocycles. The van der Waals surface area contributed by atoms with Crippen LogP contribution < -0.4 is 0 Å². The van der Waals surface area contributed by atoms with Crippen molar-refractivity contribution in [2.75, 3.05) is 19.8 Å². The van der Waals surface area contributed by atoms with Crippen molar-refractivity contribution >= 4 is 0 Å². The van der Waals surface area contributed by atoms with Crippen LogP contribution in [0.1, 0.15) is 26.2 Å². The second kappa shape index (κ2) is 9.66. The van der Waals surface area contributed by atoms with Crippen LogP contribution in [0, 0.1) is 0 Å². The van der Waals surface area contributed by atoms with E-state index in [0.29, 0.717) is 13.2 Å². The first-order valence-corrected chi connectivity index (χ1v) is 4.25. The molecule has 66 valence electrons. The van der Waals surface area contributed by atoms with Gasteiger partial charge in [-0.15, -0.1) is 0 Å². The minimum Gasteiger partial charge on any atom is -0.394 e. The zero-order valence-electron chi connectivity index (χ0n) is 7.25. The largest absolute Gasteiger partial charge is 0.394 e. The van der Waals surface area contributed by atoms with Gasteiger partial charge in [0.1, 0.15) is 0 Å². The van der Waals surface area contributed by atoms with E-state index in [1.165, 1.54) is 12.8 Å². The number of unbranched alkanes of at least 4 members (excludes halogenated alkanes) is 2. The molecule has 0 aromatic rings. The van der Waals surface area contributed by atoms with Crippen molar-refractivity contribution in [3.8, 4) is 0 Å². The summed E-state index contributed by atoms with van der Waals surface area (Å²) >= 11 is 0. The lowest BCUT2D eigenvalue weighted by Crippen LogP contribution is -1.97. The number of rotatable bonds is 7. The van der Waals surface area contributed by atoms with Crippen LogP contribution in [0.25, 0.3) is 0 Å². The summed E-state index contributed by atoms with van der Waals surface area (Å²) in [4.78, 5) is 0. The summed E-state index contributed by atoms with van der Waals surface area (Å²) in [6.45, 7) is 3.36. The molecular weight excluding hydrogens is 140 g/mol. The van der Waals surface area contributed by atoms with Crippen LogP contribution >= 0.6 is 0 Å². The molecule has 1 N–H and O–H groups in total. The Labute approximate surface area is 68.9 Å². The van der Waals surface area contributed by atoms with Gasteiger partial charge in [0, 0.05) is 0 Å². The molecule has 0 aliphatic rings. The number of aliphatic hydroxyl groups is 1. The van der Waals surface area contributed by atoms with E-state index in [1.54, 1.807) is 0 Å². The topological polar surface area (TPSA) is 29.5 Å². The number of hydrogen-bond donors (Lipinski definition) is 1. The molecule has 0 bridgehead atoms. The highest BCUT2D eigenvalue weighted by Gasteiger charge is 1.80. The monoisotopic (exact) mass is 158 g/mol. The molecule has 11 heavy (non-hydrogen) atoms. The fraction of sp³-hybridized carbons (Fsp3) is 0.778. The Bertz CT molecular complexity index is 89.6. The Morgan fingerprint density at radius 2 is 2.18 bits per heavy atom. The molecule has 0 aromatic carbocycles. The van der Waals surface area contributed by atoms with Crippen molar-refractivity contribution in [2.24, 2.45) is 0 Å². The first kappa shape index (κ1) is 10.7. The molecule has 2 heteroatoms. The van der Waals surface area contributed by atoms with E-state index in [0.717, 1.165) is 6.42 Å². The summed E-state index contributed by atoms with van der Waals surface area (Å²) in [6, 6.07) is 0. The molecule has 0 saturated heterocycles. The van der Waals surface area contributed by atoms with E-state index in [-0.39, 0.29) is 6.61 Å². The highest BCUT2D eigenvalue weighted by Crippen LogP contribution is 1.94. The molecule has 0 atom stereocenters. The van der Waals surface area contributed by atoms with Crippen LogP contribution in [0.4, 0.5) is 0 Å². The number of allylic oxidation sites excluding steroid dienone is 1. The van der Waals surface area contributed by atoms with Crippen molar-refractivity contribution < 1.29 is 9.84 Å². The summed E-state index contributed by atoms with van der Waals surface area (Å²) in [5.41, 5.74) is 0. The second-order valence-corrected chi connectivity index (χ2v) is 2.41. The SMILES string of the molecule is CCCCC=CCOCCO. The van der Waals surface area contributed by atoms with Crippen LogP contribution in [0.15, 0.2) is 12.2 Å². The standard InChI is InChI=1S/C9H18O2/c1-2-3-4-5-6-8-11-9-7-10/h5-6,10H,2-4,7-9H2,1H3. The average Bonchev–Trinajstić information content (AvgIpc) is 2.03. The minimum absolute atomic E-state index is 0.114. The van der Waals surface area contributed by atoms with E-state index >= 15 is 0 Å². The van der Waals surface area contributed by atoms with Crippen molar-refractivity contribution in [1.29, 1.82) is 0 Å². The fourth-order valence-corrected chi connectivity index (χ4v) is 0.724. The van der Waals surface area contributed by atoms with E-state index in [1.807, 2.05) is 6.08 Å². The molecule has 0 unspecified atom stereocenters. The molecule has 0 radical (unpaired) electrons. The van der Waals surface area contributed by atoms with Gasteiger partial charge in [0.05, 0.1) is 19.8 Å². The summed E-state index contributed by atoms with van der Waals surface area (Å²) in [6.07, 6.45) is 7.75. The van der Waals surface area contributed by atoms with E-state index in [9.17, 15) is 0 Å². The molecule has 0 spiro atoms. The second-order valence-electron chi connectivity index (χ2n) is 2.41. The lowest BCUT2D eigenvalue weighted by Gasteiger charge is -1.95. The van der Waals surface area contributed by atoms with Crippen molar-refractivity contribution in [1.82, 2.24) is 0 Å². The molecule has 0 aliphatic carbocycles. The van der Waals surface area contributed by atoms with Gasteiger partial charge in [-0.3, -0.25) is 0 Å². The summed E-state index contributed by atoms with van der Waals surface area (Å²) in [5.74, 6) is 0. The maximum Gasteiger partial charge on any atom is 0.0701 e. The summed E-state index contributed by atoms with van der Waals surface area (Å²) in [5, 5.41) is 8.36. The fourth-order valence-electron chi connectivity index (χ4n) is 0.724. The third kappa shape index (κ3) is 9.66. The van der Waals surface area contributed by atoms with Crippen LogP contribution in [0.3, 0.4) is 0 Å². The van der Waals surface area contributed by atoms with E-state index < -0.39 is 0 Å². The van der Waals surface area contributed by atoms with Gasteiger partial charge < -0.3 is 9.84 Å². The summed E-state index contributed by atoms with van der Waals surface area (Å²) in [7, 11) is 0. The normalized spacial score (nSPS) is 11.1. The molecular formula is C9H18O2. The van der Waals surface area contributed by atoms with Gasteiger partial charge in [-0.1, -0.05) is 31.9 Å². The highest BCUT2D eigenvalue weighted by molar-refractivity contribution is 4.80. The van der Waals surface area contributed by atoms with Gasteiger partial charge in [0.2, 0.25) is 0 Å². The molecule has 0 heterocycles. The maximum atomic E-state index is 8.36. The van der Waals surface area contributed by atoms with Crippen LogP contribution in [-0.2, 0) is 4.74 Å². The Hall–Kier alpha value is -0.340. The summed E-state index contributed by atoms with van der Waals surface area (Å²) < 4.78 is 5.03. The third-order valence-electron chi connectivity index (χ3n) is 1.34. The Kier molecular flexibility index (Phi) is 9.36. The quantitative estimate of drug-likeness (QED) is 0.452. The molecule has 0 aliphatic heterocycles. The lowest BCUT2D eigenvalue weighted by atomic mass is 10.2. The molecule has 0 rings (SSSR count). The predicted molar refractivity (Wildman–Crippen MR) is 46.6 cm³/mol. The van der Waals surface area contributed by atoms with Gasteiger partial charge in [0.25, 0.3) is 0 Å². The van der Waals surface area contributed by atoms with Gasteiger partial charge >= 0.3 is 0 Å². The van der Waals surface area contributed by atoms with Crippen molar-refractivity contribution in [3.63, 3.8) is 0 Å². The minimum atomic E-state index is 0.114. The average molecular weight is 158 g/mol. The van der Waals surface area contributed by atoms with Crippen molar-refractivity contribution in [3.05, 3.63) is 12.2 Å². The Morgan fingerprint density at radius 3 is 2.82 bits per heavy atom. The zero-order valence-corrected chi connectivity index (χ0v) is 7.25. The molecule has 0 amide bonds. The number of ether oxygens (including phenoxy) is 1. The Balaban J connectivity index is 2.91. The molecule has 2 nitrogen and oxygen atoms in total. The first-order chi connectivity index (χ1) is 5.41. The number of aliphatic hydroxyl groups excluding tert-OH is 1. The van der Waals surface area contributed by atoms with E-state index in [2.05, 4.69) is 13.0 Å².